The molecule has 6 nitrogen and oxygen atoms in total. The summed E-state index contributed by atoms with van der Waals surface area (Å²) in [5.41, 5.74) is -2.72. The smallest absolute Gasteiger partial charge is 0.341 e. The average molecular weight is 245 g/mol. The third kappa shape index (κ3) is 3.41. The first-order valence-corrected chi connectivity index (χ1v) is 5.50. The van der Waals surface area contributed by atoms with E-state index in [0.717, 1.165) is 0 Å². The van der Waals surface area contributed by atoms with Gasteiger partial charge in [-0.15, -0.1) is 0 Å². The van der Waals surface area contributed by atoms with E-state index in [9.17, 15) is 14.7 Å². The first-order valence-electron chi connectivity index (χ1n) is 5.50. The summed E-state index contributed by atoms with van der Waals surface area (Å²) in [7, 11) is 0. The zero-order chi connectivity index (χ0) is 13.3. The Bertz CT molecular complexity index is 318. The molecule has 1 heterocycles. The Morgan fingerprint density at radius 1 is 1.47 bits per heavy atom. The highest BCUT2D eigenvalue weighted by molar-refractivity contribution is 5.91. The zero-order valence-electron chi connectivity index (χ0n) is 10.6. The van der Waals surface area contributed by atoms with Crippen LogP contribution in [0.3, 0.4) is 0 Å². The number of hydrogen-bond acceptors (Lipinski definition) is 5. The van der Waals surface area contributed by atoms with E-state index in [0.29, 0.717) is 6.54 Å². The molecule has 0 saturated carbocycles. The molecule has 0 aromatic rings. The topological polar surface area (TPSA) is 84.9 Å². The third-order valence-electron chi connectivity index (χ3n) is 2.25. The van der Waals surface area contributed by atoms with Crippen molar-refractivity contribution in [3.05, 3.63) is 0 Å². The maximum Gasteiger partial charge on any atom is 0.341 e. The second-order valence-corrected chi connectivity index (χ2v) is 5.19. The summed E-state index contributed by atoms with van der Waals surface area (Å²) in [5, 5.41) is 12.6. The molecule has 1 saturated heterocycles. The summed E-state index contributed by atoms with van der Waals surface area (Å²) in [6.45, 7) is 6.90. The van der Waals surface area contributed by atoms with E-state index < -0.39 is 29.2 Å². The highest BCUT2D eigenvalue weighted by Gasteiger charge is 2.48. The Labute approximate surface area is 100 Å². The number of amides is 1. The second-order valence-electron chi connectivity index (χ2n) is 5.19. The fourth-order valence-electron chi connectivity index (χ4n) is 1.43. The molecule has 6 heteroatoms. The minimum atomic E-state index is -1.99. The molecule has 0 aromatic carbocycles. The SMILES string of the molecule is CC(C)(C)OC(=O)C(C)(O)C1OCCNC1=O. The fraction of sp³-hybridized carbons (Fsp3) is 0.818. The number of carbonyl (C=O) groups excluding carboxylic acids is 2. The van der Waals surface area contributed by atoms with E-state index in [1.54, 1.807) is 20.8 Å². The molecule has 17 heavy (non-hydrogen) atoms. The van der Waals surface area contributed by atoms with Crippen LogP contribution < -0.4 is 5.32 Å². The number of morpholine rings is 1. The molecule has 2 N–H and O–H groups in total. The lowest BCUT2D eigenvalue weighted by atomic mass is 9.97. The lowest BCUT2D eigenvalue weighted by molar-refractivity contribution is -0.195. The van der Waals surface area contributed by atoms with Crippen LogP contribution in [0.2, 0.25) is 0 Å². The Morgan fingerprint density at radius 3 is 2.53 bits per heavy atom. The maximum absolute atomic E-state index is 11.8. The highest BCUT2D eigenvalue weighted by Crippen LogP contribution is 2.21. The van der Waals surface area contributed by atoms with Gasteiger partial charge in [0.2, 0.25) is 0 Å². The molecule has 1 amide bonds. The van der Waals surface area contributed by atoms with Crippen LogP contribution in [0.5, 0.6) is 0 Å². The largest absolute Gasteiger partial charge is 0.458 e. The molecule has 0 aromatic heterocycles. The summed E-state index contributed by atoms with van der Waals surface area (Å²) in [6.07, 6.45) is -1.23. The number of esters is 1. The summed E-state index contributed by atoms with van der Waals surface area (Å²) < 4.78 is 10.2. The minimum absolute atomic E-state index is 0.259. The van der Waals surface area contributed by atoms with Crippen molar-refractivity contribution in [2.75, 3.05) is 13.2 Å². The molecule has 1 fully saturated rings. The molecular formula is C11H19NO5. The average Bonchev–Trinajstić information content (AvgIpc) is 2.15. The van der Waals surface area contributed by atoms with Crippen LogP contribution in [0.1, 0.15) is 27.7 Å². The van der Waals surface area contributed by atoms with Gasteiger partial charge < -0.3 is 19.9 Å². The van der Waals surface area contributed by atoms with Crippen LogP contribution in [0.25, 0.3) is 0 Å². The minimum Gasteiger partial charge on any atom is -0.458 e. The van der Waals surface area contributed by atoms with Crippen LogP contribution in [0.15, 0.2) is 0 Å². The third-order valence-corrected chi connectivity index (χ3v) is 2.25. The van der Waals surface area contributed by atoms with Crippen molar-refractivity contribution in [2.24, 2.45) is 0 Å². The number of hydrogen-bond donors (Lipinski definition) is 2. The normalized spacial score (nSPS) is 24.8. The summed E-state index contributed by atoms with van der Waals surface area (Å²) in [5.74, 6) is -1.38. The van der Waals surface area contributed by atoms with Crippen LogP contribution in [-0.4, -0.2) is 47.4 Å². The van der Waals surface area contributed by atoms with Crippen LogP contribution >= 0.6 is 0 Å². The number of rotatable bonds is 2. The molecule has 1 rings (SSSR count). The van der Waals surface area contributed by atoms with E-state index in [-0.39, 0.29) is 6.61 Å². The van der Waals surface area contributed by atoms with Crippen molar-refractivity contribution in [3.8, 4) is 0 Å². The lowest BCUT2D eigenvalue weighted by Crippen LogP contribution is -2.60. The van der Waals surface area contributed by atoms with Crippen molar-refractivity contribution in [2.45, 2.75) is 45.0 Å². The predicted molar refractivity (Wildman–Crippen MR) is 59.2 cm³/mol. The van der Waals surface area contributed by atoms with Gasteiger partial charge in [0.1, 0.15) is 5.60 Å². The van der Waals surface area contributed by atoms with Crippen molar-refractivity contribution < 1.29 is 24.2 Å². The summed E-state index contributed by atoms with van der Waals surface area (Å²) >= 11 is 0. The molecular weight excluding hydrogens is 226 g/mol. The molecule has 0 aliphatic carbocycles. The Balaban J connectivity index is 2.78. The van der Waals surface area contributed by atoms with Crippen LogP contribution in [0, 0.1) is 0 Å². The molecule has 0 bridgehead atoms. The number of ether oxygens (including phenoxy) is 2. The van der Waals surface area contributed by atoms with Crippen LogP contribution in [-0.2, 0) is 19.1 Å². The molecule has 0 radical (unpaired) electrons. The van der Waals surface area contributed by atoms with Gasteiger partial charge >= 0.3 is 5.97 Å². The molecule has 0 spiro atoms. The molecule has 98 valence electrons. The molecule has 1 aliphatic rings. The number of carbonyl (C=O) groups is 2. The van der Waals surface area contributed by atoms with Gasteiger partial charge in [-0.05, 0) is 27.7 Å². The Hall–Kier alpha value is -1.14. The van der Waals surface area contributed by atoms with Crippen molar-refractivity contribution in [3.63, 3.8) is 0 Å². The number of aliphatic hydroxyl groups is 1. The van der Waals surface area contributed by atoms with Crippen LogP contribution in [0.4, 0.5) is 0 Å². The Morgan fingerprint density at radius 2 is 2.06 bits per heavy atom. The van der Waals surface area contributed by atoms with Gasteiger partial charge in [-0.1, -0.05) is 0 Å². The fourth-order valence-corrected chi connectivity index (χ4v) is 1.43. The quantitative estimate of drug-likeness (QED) is 0.646. The van der Waals surface area contributed by atoms with E-state index in [4.69, 9.17) is 9.47 Å². The van der Waals surface area contributed by atoms with Crippen molar-refractivity contribution in [1.82, 2.24) is 5.32 Å². The first kappa shape index (κ1) is 13.9. The van der Waals surface area contributed by atoms with E-state index in [1.807, 2.05) is 0 Å². The molecule has 2 atom stereocenters. The van der Waals surface area contributed by atoms with Gasteiger partial charge in [0.25, 0.3) is 5.91 Å². The molecule has 1 aliphatic heterocycles. The monoisotopic (exact) mass is 245 g/mol. The zero-order valence-corrected chi connectivity index (χ0v) is 10.6. The van der Waals surface area contributed by atoms with Gasteiger partial charge in [-0.25, -0.2) is 4.79 Å². The predicted octanol–water partition coefficient (Wildman–Crippen LogP) is -0.406. The number of nitrogens with one attached hydrogen (secondary N) is 1. The summed E-state index contributed by atoms with van der Waals surface area (Å²) in [6, 6.07) is 0. The van der Waals surface area contributed by atoms with Crippen molar-refractivity contribution >= 4 is 11.9 Å². The first-order chi connectivity index (χ1) is 7.64. The Kier molecular flexibility index (Phi) is 3.78. The standard InChI is InChI=1S/C11H19NO5/c1-10(2,3)17-9(14)11(4,15)7-8(13)12-5-6-16-7/h7,15H,5-6H2,1-4H3,(H,12,13). The highest BCUT2D eigenvalue weighted by atomic mass is 16.6. The second kappa shape index (κ2) is 4.62. The van der Waals surface area contributed by atoms with E-state index >= 15 is 0 Å². The van der Waals surface area contributed by atoms with Gasteiger partial charge in [-0.3, -0.25) is 4.79 Å². The molecule has 2 unspecified atom stereocenters. The van der Waals surface area contributed by atoms with Gasteiger partial charge in [-0.2, -0.15) is 0 Å². The lowest BCUT2D eigenvalue weighted by Gasteiger charge is -2.34. The summed E-state index contributed by atoms with van der Waals surface area (Å²) in [4.78, 5) is 23.3. The maximum atomic E-state index is 11.8. The van der Waals surface area contributed by atoms with Crippen molar-refractivity contribution in [1.29, 1.82) is 0 Å². The van der Waals surface area contributed by atoms with Gasteiger partial charge in [0.05, 0.1) is 6.61 Å². The van der Waals surface area contributed by atoms with E-state index in [2.05, 4.69) is 5.32 Å². The van der Waals surface area contributed by atoms with Gasteiger partial charge in [0.15, 0.2) is 11.7 Å². The van der Waals surface area contributed by atoms with E-state index in [1.165, 1.54) is 6.92 Å². The van der Waals surface area contributed by atoms with Gasteiger partial charge in [0, 0.05) is 6.54 Å².